The molecular formula is C13H12N4O5S. The number of aromatic nitrogens is 2. The summed E-state index contributed by atoms with van der Waals surface area (Å²) in [6.45, 7) is 1.85. The van der Waals surface area contributed by atoms with Gasteiger partial charge in [-0.25, -0.2) is 13.0 Å². The second-order valence-corrected chi connectivity index (χ2v) is 6.48. The molecule has 0 radical (unpaired) electrons. The van der Waals surface area contributed by atoms with Crippen LogP contribution in [0.1, 0.15) is 5.56 Å². The summed E-state index contributed by atoms with van der Waals surface area (Å²) in [5, 5.41) is 25.2. The van der Waals surface area contributed by atoms with Crippen LogP contribution in [0, 0.1) is 6.92 Å². The van der Waals surface area contributed by atoms with Crippen molar-refractivity contribution in [3.63, 3.8) is 0 Å². The number of benzene rings is 2. The maximum Gasteiger partial charge on any atom is 0.261 e. The molecule has 0 saturated heterocycles. The van der Waals surface area contributed by atoms with Gasteiger partial charge >= 0.3 is 0 Å². The SMILES string of the molecule is Cc1ccc(S(=O)(=O)Nc2ccc(N(O)O)c3nonc23)cc1. The Morgan fingerprint density at radius 3 is 2.35 bits per heavy atom. The highest BCUT2D eigenvalue weighted by atomic mass is 32.2. The van der Waals surface area contributed by atoms with E-state index >= 15 is 0 Å². The zero-order valence-corrected chi connectivity index (χ0v) is 12.6. The van der Waals surface area contributed by atoms with Crippen LogP contribution >= 0.6 is 0 Å². The van der Waals surface area contributed by atoms with E-state index in [1.807, 2.05) is 6.92 Å². The van der Waals surface area contributed by atoms with E-state index in [9.17, 15) is 8.42 Å². The highest BCUT2D eigenvalue weighted by Crippen LogP contribution is 2.30. The molecule has 1 heterocycles. The third-order valence-electron chi connectivity index (χ3n) is 3.19. The third kappa shape index (κ3) is 2.82. The van der Waals surface area contributed by atoms with Crippen LogP contribution in [0.3, 0.4) is 0 Å². The number of aryl methyl sites for hydroxylation is 1. The maximum absolute atomic E-state index is 12.4. The Kier molecular flexibility index (Phi) is 3.64. The van der Waals surface area contributed by atoms with Gasteiger partial charge in [0, 0.05) is 0 Å². The first-order chi connectivity index (χ1) is 10.9. The summed E-state index contributed by atoms with van der Waals surface area (Å²) in [6.07, 6.45) is 0. The summed E-state index contributed by atoms with van der Waals surface area (Å²) in [4.78, 5) is 0.0859. The van der Waals surface area contributed by atoms with Gasteiger partial charge in [0.15, 0.2) is 11.0 Å². The average Bonchev–Trinajstić information content (AvgIpc) is 2.97. The van der Waals surface area contributed by atoms with Gasteiger partial charge in [0.1, 0.15) is 5.69 Å². The summed E-state index contributed by atoms with van der Waals surface area (Å²) in [5.41, 5.74) is 0.986. The Labute approximate surface area is 130 Å². The van der Waals surface area contributed by atoms with Crippen molar-refractivity contribution in [1.29, 1.82) is 0 Å². The summed E-state index contributed by atoms with van der Waals surface area (Å²) < 4.78 is 31.7. The maximum atomic E-state index is 12.4. The van der Waals surface area contributed by atoms with Gasteiger partial charge in [0.2, 0.25) is 0 Å². The normalized spacial score (nSPS) is 11.6. The number of hydrogen-bond acceptors (Lipinski definition) is 8. The highest BCUT2D eigenvalue weighted by molar-refractivity contribution is 7.92. The van der Waals surface area contributed by atoms with Crippen molar-refractivity contribution >= 4 is 32.4 Å². The smallest absolute Gasteiger partial charge is 0.261 e. The Morgan fingerprint density at radius 1 is 1.04 bits per heavy atom. The van der Waals surface area contributed by atoms with Gasteiger partial charge in [-0.2, -0.15) is 0 Å². The van der Waals surface area contributed by atoms with E-state index in [4.69, 9.17) is 10.4 Å². The molecule has 0 atom stereocenters. The predicted octanol–water partition coefficient (Wildman–Crippen LogP) is 1.92. The van der Waals surface area contributed by atoms with Crippen molar-refractivity contribution in [2.24, 2.45) is 0 Å². The van der Waals surface area contributed by atoms with Gasteiger partial charge in [-0.05, 0) is 41.5 Å². The minimum absolute atomic E-state index is 0.000828. The number of hydrogen-bond donors (Lipinski definition) is 3. The minimum atomic E-state index is -3.83. The summed E-state index contributed by atoms with van der Waals surface area (Å²) in [6, 6.07) is 8.91. The largest absolute Gasteiger partial charge is 0.277 e. The summed E-state index contributed by atoms with van der Waals surface area (Å²) in [7, 11) is -3.83. The molecule has 0 amide bonds. The molecule has 0 saturated carbocycles. The molecule has 10 heteroatoms. The molecule has 1 aromatic heterocycles. The van der Waals surface area contributed by atoms with Gasteiger partial charge in [-0.3, -0.25) is 15.1 Å². The first kappa shape index (κ1) is 15.2. The Balaban J connectivity index is 2.03. The van der Waals surface area contributed by atoms with Crippen molar-refractivity contribution in [1.82, 2.24) is 10.3 Å². The second-order valence-electron chi connectivity index (χ2n) is 4.80. The molecule has 3 N–H and O–H groups in total. The molecule has 3 aromatic rings. The van der Waals surface area contributed by atoms with Crippen molar-refractivity contribution < 1.29 is 23.5 Å². The zero-order chi connectivity index (χ0) is 16.6. The molecule has 0 spiro atoms. The fraction of sp³-hybridized carbons (Fsp3) is 0.0769. The standard InChI is InChI=1S/C13H12N4O5S/c1-8-2-4-9(5-3-8)23(20,21)16-10-6-7-11(17(18)19)13-12(10)14-22-15-13/h2-7,16,18-19H,1H3. The topological polar surface area (TPSA) is 129 Å². The first-order valence-corrected chi connectivity index (χ1v) is 7.89. The van der Waals surface area contributed by atoms with Crippen LogP contribution in [-0.4, -0.2) is 29.1 Å². The van der Waals surface area contributed by atoms with Crippen LogP contribution in [0.15, 0.2) is 45.9 Å². The number of rotatable bonds is 4. The number of fused-ring (bicyclic) bond motifs is 1. The molecule has 0 bridgehead atoms. The van der Waals surface area contributed by atoms with Gasteiger partial charge in [0.05, 0.1) is 10.6 Å². The number of nitrogens with zero attached hydrogens (tertiary/aromatic N) is 3. The molecule has 0 aliphatic carbocycles. The molecule has 120 valence electrons. The molecule has 0 unspecified atom stereocenters. The molecule has 2 aromatic carbocycles. The minimum Gasteiger partial charge on any atom is -0.277 e. The van der Waals surface area contributed by atoms with Gasteiger partial charge in [-0.1, -0.05) is 17.7 Å². The first-order valence-electron chi connectivity index (χ1n) is 6.41. The highest BCUT2D eigenvalue weighted by Gasteiger charge is 2.20. The third-order valence-corrected chi connectivity index (χ3v) is 4.57. The van der Waals surface area contributed by atoms with Crippen LogP contribution in [0.5, 0.6) is 0 Å². The molecule has 0 aliphatic heterocycles. The lowest BCUT2D eigenvalue weighted by molar-refractivity contribution is 0.0298. The molecule has 23 heavy (non-hydrogen) atoms. The molecule has 0 aliphatic rings. The lowest BCUT2D eigenvalue weighted by atomic mass is 10.2. The van der Waals surface area contributed by atoms with E-state index < -0.39 is 10.0 Å². The van der Waals surface area contributed by atoms with Crippen LogP contribution in [0.4, 0.5) is 11.4 Å². The fourth-order valence-corrected chi connectivity index (χ4v) is 3.08. The van der Waals surface area contributed by atoms with E-state index in [1.165, 1.54) is 24.3 Å². The molecule has 3 rings (SSSR count). The van der Waals surface area contributed by atoms with Gasteiger partial charge in [0.25, 0.3) is 10.0 Å². The Morgan fingerprint density at radius 2 is 1.70 bits per heavy atom. The molecule has 0 fully saturated rings. The number of nitrogens with one attached hydrogen (secondary N) is 1. The summed E-state index contributed by atoms with van der Waals surface area (Å²) in [5.74, 6) is 0. The van der Waals surface area contributed by atoms with Crippen LogP contribution in [-0.2, 0) is 10.0 Å². The van der Waals surface area contributed by atoms with Crippen LogP contribution in [0.2, 0.25) is 0 Å². The van der Waals surface area contributed by atoms with E-state index in [0.29, 0.717) is 0 Å². The predicted molar refractivity (Wildman–Crippen MR) is 79.8 cm³/mol. The Bertz CT molecular complexity index is 950. The van der Waals surface area contributed by atoms with Crippen molar-refractivity contribution in [3.8, 4) is 0 Å². The van der Waals surface area contributed by atoms with Gasteiger partial charge in [-0.15, -0.1) is 5.23 Å². The van der Waals surface area contributed by atoms with Gasteiger partial charge < -0.3 is 0 Å². The zero-order valence-electron chi connectivity index (χ0n) is 11.8. The quantitative estimate of drug-likeness (QED) is 0.616. The van der Waals surface area contributed by atoms with Crippen molar-refractivity contribution in [3.05, 3.63) is 42.0 Å². The van der Waals surface area contributed by atoms with E-state index in [-0.39, 0.29) is 32.5 Å². The second kappa shape index (κ2) is 5.50. The fourth-order valence-electron chi connectivity index (χ4n) is 2.02. The van der Waals surface area contributed by atoms with E-state index in [1.54, 1.807) is 12.1 Å². The lowest BCUT2D eigenvalue weighted by Gasteiger charge is -2.11. The Hall–Kier alpha value is -2.69. The molecule has 9 nitrogen and oxygen atoms in total. The van der Waals surface area contributed by atoms with E-state index in [0.717, 1.165) is 5.56 Å². The van der Waals surface area contributed by atoms with Crippen LogP contribution in [0.25, 0.3) is 11.0 Å². The van der Waals surface area contributed by atoms with Crippen molar-refractivity contribution in [2.45, 2.75) is 11.8 Å². The average molecular weight is 336 g/mol. The number of sulfonamides is 1. The summed E-state index contributed by atoms with van der Waals surface area (Å²) >= 11 is 0. The van der Waals surface area contributed by atoms with E-state index in [2.05, 4.69) is 19.7 Å². The molecular weight excluding hydrogens is 324 g/mol. The monoisotopic (exact) mass is 336 g/mol. The number of anilines is 2. The van der Waals surface area contributed by atoms with Crippen molar-refractivity contribution in [2.75, 3.05) is 9.95 Å². The lowest BCUT2D eigenvalue weighted by Crippen LogP contribution is -2.14. The van der Waals surface area contributed by atoms with Crippen LogP contribution < -0.4 is 9.95 Å².